The summed E-state index contributed by atoms with van der Waals surface area (Å²) >= 11 is 3.31. The van der Waals surface area contributed by atoms with Crippen LogP contribution in [0.5, 0.6) is 0 Å². The lowest BCUT2D eigenvalue weighted by Crippen LogP contribution is -2.34. The molecule has 1 aromatic rings. The minimum absolute atomic E-state index is 0.807. The average Bonchev–Trinajstić information content (AvgIpc) is 2.77. The molecule has 0 aliphatic carbocycles. The van der Waals surface area contributed by atoms with E-state index in [0.29, 0.717) is 0 Å². The van der Waals surface area contributed by atoms with E-state index in [1.54, 1.807) is 0 Å². The standard InChI is InChI=1S/C14H23BrN2O/c1-12-5-9-17(10-6-12)8-2-7-16-11-13-3-4-14(15)18-13/h3-4,12,16H,2,5-11H2,1H3. The highest BCUT2D eigenvalue weighted by Gasteiger charge is 2.14. The molecule has 0 amide bonds. The Hall–Kier alpha value is -0.320. The first-order chi connectivity index (χ1) is 8.74. The summed E-state index contributed by atoms with van der Waals surface area (Å²) in [5.41, 5.74) is 0. The highest BCUT2D eigenvalue weighted by molar-refractivity contribution is 9.10. The van der Waals surface area contributed by atoms with Crippen LogP contribution in [0.25, 0.3) is 0 Å². The van der Waals surface area contributed by atoms with Gasteiger partial charge in [0, 0.05) is 0 Å². The first-order valence-electron chi connectivity index (χ1n) is 6.91. The monoisotopic (exact) mass is 314 g/mol. The third-order valence-corrected chi connectivity index (χ3v) is 4.06. The van der Waals surface area contributed by atoms with Gasteiger partial charge in [0.2, 0.25) is 0 Å². The summed E-state index contributed by atoms with van der Waals surface area (Å²) in [7, 11) is 0. The Morgan fingerprint density at radius 1 is 1.39 bits per heavy atom. The lowest BCUT2D eigenvalue weighted by Gasteiger charge is -2.30. The van der Waals surface area contributed by atoms with Crippen molar-refractivity contribution in [2.45, 2.75) is 32.7 Å². The molecule has 3 nitrogen and oxygen atoms in total. The summed E-state index contributed by atoms with van der Waals surface area (Å²) in [4.78, 5) is 2.59. The quantitative estimate of drug-likeness (QED) is 0.817. The molecule has 2 heterocycles. The molecule has 1 N–H and O–H groups in total. The Morgan fingerprint density at radius 2 is 2.17 bits per heavy atom. The van der Waals surface area contributed by atoms with Gasteiger partial charge in [0.1, 0.15) is 5.76 Å². The Balaban J connectivity index is 1.51. The molecule has 4 heteroatoms. The second kappa shape index (κ2) is 7.31. The fourth-order valence-corrected chi connectivity index (χ4v) is 2.71. The minimum atomic E-state index is 0.807. The smallest absolute Gasteiger partial charge is 0.169 e. The maximum atomic E-state index is 5.44. The van der Waals surface area contributed by atoms with Crippen LogP contribution in [0.3, 0.4) is 0 Å². The van der Waals surface area contributed by atoms with Crippen LogP contribution < -0.4 is 5.32 Å². The Morgan fingerprint density at radius 3 is 2.83 bits per heavy atom. The molecule has 0 atom stereocenters. The predicted octanol–water partition coefficient (Wildman–Crippen LogP) is 3.25. The van der Waals surface area contributed by atoms with Crippen LogP contribution in [-0.4, -0.2) is 31.1 Å². The number of nitrogens with zero attached hydrogens (tertiary/aromatic N) is 1. The Kier molecular flexibility index (Phi) is 5.73. The van der Waals surface area contributed by atoms with Crippen molar-refractivity contribution in [1.29, 1.82) is 0 Å². The lowest BCUT2D eigenvalue weighted by atomic mass is 9.99. The number of halogens is 1. The van der Waals surface area contributed by atoms with E-state index in [1.165, 1.54) is 38.9 Å². The zero-order chi connectivity index (χ0) is 12.8. The van der Waals surface area contributed by atoms with E-state index in [0.717, 1.165) is 29.4 Å². The van der Waals surface area contributed by atoms with Gasteiger partial charge in [-0.1, -0.05) is 6.92 Å². The van der Waals surface area contributed by atoms with Gasteiger partial charge in [-0.3, -0.25) is 0 Å². The summed E-state index contributed by atoms with van der Waals surface area (Å²) < 4.78 is 6.24. The van der Waals surface area contributed by atoms with Gasteiger partial charge in [-0.15, -0.1) is 0 Å². The summed E-state index contributed by atoms with van der Waals surface area (Å²) in [6.45, 7) is 8.04. The van der Waals surface area contributed by atoms with Crippen molar-refractivity contribution >= 4 is 15.9 Å². The van der Waals surface area contributed by atoms with E-state index < -0.39 is 0 Å². The summed E-state index contributed by atoms with van der Waals surface area (Å²) in [6.07, 6.45) is 3.96. The maximum absolute atomic E-state index is 5.44. The van der Waals surface area contributed by atoms with Crippen molar-refractivity contribution in [3.63, 3.8) is 0 Å². The molecule has 0 radical (unpaired) electrons. The molecule has 18 heavy (non-hydrogen) atoms. The van der Waals surface area contributed by atoms with Crippen LogP contribution in [0.1, 0.15) is 31.9 Å². The number of hydrogen-bond acceptors (Lipinski definition) is 3. The van der Waals surface area contributed by atoms with Crippen LogP contribution >= 0.6 is 15.9 Å². The highest BCUT2D eigenvalue weighted by Crippen LogP contribution is 2.16. The molecule has 0 spiro atoms. The largest absolute Gasteiger partial charge is 0.453 e. The molecule has 0 aromatic carbocycles. The van der Waals surface area contributed by atoms with Crippen LogP contribution in [0, 0.1) is 5.92 Å². The highest BCUT2D eigenvalue weighted by atomic mass is 79.9. The molecule has 1 saturated heterocycles. The molecule has 0 saturated carbocycles. The lowest BCUT2D eigenvalue weighted by molar-refractivity contribution is 0.190. The second-order valence-electron chi connectivity index (χ2n) is 5.26. The van der Waals surface area contributed by atoms with Crippen LogP contribution in [0.15, 0.2) is 21.2 Å². The molecule has 1 fully saturated rings. The van der Waals surface area contributed by atoms with Crippen molar-refractivity contribution in [1.82, 2.24) is 10.2 Å². The number of nitrogens with one attached hydrogen (secondary N) is 1. The van der Waals surface area contributed by atoms with Crippen LogP contribution in [-0.2, 0) is 6.54 Å². The van der Waals surface area contributed by atoms with E-state index >= 15 is 0 Å². The van der Waals surface area contributed by atoms with Gasteiger partial charge in [0.25, 0.3) is 0 Å². The number of piperidine rings is 1. The van der Waals surface area contributed by atoms with Gasteiger partial charge < -0.3 is 14.6 Å². The van der Waals surface area contributed by atoms with E-state index in [2.05, 4.69) is 33.1 Å². The van der Waals surface area contributed by atoms with Gasteiger partial charge in [-0.05, 0) is 79.4 Å². The zero-order valence-electron chi connectivity index (χ0n) is 11.1. The summed E-state index contributed by atoms with van der Waals surface area (Å²) in [5.74, 6) is 1.92. The van der Waals surface area contributed by atoms with E-state index in [-0.39, 0.29) is 0 Å². The van der Waals surface area contributed by atoms with Gasteiger partial charge in [0.05, 0.1) is 6.54 Å². The van der Waals surface area contributed by atoms with Gasteiger partial charge in [-0.25, -0.2) is 0 Å². The fraction of sp³-hybridized carbons (Fsp3) is 0.714. The second-order valence-corrected chi connectivity index (χ2v) is 6.04. The van der Waals surface area contributed by atoms with Crippen LogP contribution in [0.4, 0.5) is 0 Å². The SMILES string of the molecule is CC1CCN(CCCNCc2ccc(Br)o2)CC1. The summed E-state index contributed by atoms with van der Waals surface area (Å²) in [6, 6.07) is 3.94. The van der Waals surface area contributed by atoms with Gasteiger partial charge in [0.15, 0.2) is 4.67 Å². The Labute approximate surface area is 118 Å². The third kappa shape index (κ3) is 4.75. The first kappa shape index (κ1) is 14.1. The average molecular weight is 315 g/mol. The third-order valence-electron chi connectivity index (χ3n) is 3.63. The molecule has 102 valence electrons. The Bertz CT molecular complexity index is 345. The molecule has 0 bridgehead atoms. The van der Waals surface area contributed by atoms with E-state index in [9.17, 15) is 0 Å². The van der Waals surface area contributed by atoms with Crippen molar-refractivity contribution in [3.05, 3.63) is 22.6 Å². The number of furan rings is 1. The fourth-order valence-electron chi connectivity index (χ4n) is 2.37. The predicted molar refractivity (Wildman–Crippen MR) is 77.6 cm³/mol. The number of likely N-dealkylation sites (tertiary alicyclic amines) is 1. The molecular formula is C14H23BrN2O. The van der Waals surface area contributed by atoms with Crippen molar-refractivity contribution < 1.29 is 4.42 Å². The number of hydrogen-bond donors (Lipinski definition) is 1. The molecule has 1 aliphatic rings. The molecule has 2 rings (SSSR count). The first-order valence-corrected chi connectivity index (χ1v) is 7.70. The van der Waals surface area contributed by atoms with E-state index in [1.807, 2.05) is 12.1 Å². The molecule has 1 aliphatic heterocycles. The molecule has 1 aromatic heterocycles. The van der Waals surface area contributed by atoms with Crippen LogP contribution in [0.2, 0.25) is 0 Å². The normalized spacial score (nSPS) is 18.3. The van der Waals surface area contributed by atoms with Crippen molar-refractivity contribution in [3.8, 4) is 0 Å². The van der Waals surface area contributed by atoms with E-state index in [4.69, 9.17) is 4.42 Å². The molecule has 0 unspecified atom stereocenters. The minimum Gasteiger partial charge on any atom is -0.453 e. The number of rotatable bonds is 6. The topological polar surface area (TPSA) is 28.4 Å². The molecular weight excluding hydrogens is 292 g/mol. The summed E-state index contributed by atoms with van der Waals surface area (Å²) in [5, 5.41) is 3.42. The van der Waals surface area contributed by atoms with Gasteiger partial charge >= 0.3 is 0 Å². The van der Waals surface area contributed by atoms with Crippen molar-refractivity contribution in [2.24, 2.45) is 5.92 Å². The van der Waals surface area contributed by atoms with Crippen molar-refractivity contribution in [2.75, 3.05) is 26.2 Å². The zero-order valence-corrected chi connectivity index (χ0v) is 12.7. The van der Waals surface area contributed by atoms with Gasteiger partial charge in [-0.2, -0.15) is 0 Å². The maximum Gasteiger partial charge on any atom is 0.169 e.